The van der Waals surface area contributed by atoms with Crippen molar-refractivity contribution >= 4 is 12.4 Å². The molecular weight excluding hydrogens is 224 g/mol. The summed E-state index contributed by atoms with van der Waals surface area (Å²) in [5, 5.41) is 12.6. The van der Waals surface area contributed by atoms with Gasteiger partial charge in [0.2, 0.25) is 0 Å². The molecule has 0 aromatic rings. The average molecular weight is 249 g/mol. The molecule has 2 N–H and O–H groups in total. The van der Waals surface area contributed by atoms with Gasteiger partial charge in [-0.25, -0.2) is 0 Å². The van der Waals surface area contributed by atoms with Crippen LogP contribution in [0.5, 0.6) is 0 Å². The summed E-state index contributed by atoms with van der Waals surface area (Å²) < 4.78 is 0. The van der Waals surface area contributed by atoms with Crippen molar-refractivity contribution in [2.45, 2.75) is 25.7 Å². The lowest BCUT2D eigenvalue weighted by Gasteiger charge is -2.35. The van der Waals surface area contributed by atoms with E-state index in [1.165, 1.54) is 51.9 Å². The van der Waals surface area contributed by atoms with Crippen LogP contribution < -0.4 is 5.32 Å². The van der Waals surface area contributed by atoms with Gasteiger partial charge in [-0.05, 0) is 57.2 Å². The molecule has 4 heteroatoms. The first-order chi connectivity index (χ1) is 7.38. The maximum atomic E-state index is 9.18. The van der Waals surface area contributed by atoms with E-state index in [2.05, 4.69) is 10.2 Å². The number of aliphatic hydroxyl groups excluding tert-OH is 1. The molecule has 0 radical (unpaired) electrons. The van der Waals surface area contributed by atoms with Gasteiger partial charge in [0.15, 0.2) is 0 Å². The van der Waals surface area contributed by atoms with Crippen LogP contribution in [0.3, 0.4) is 0 Å². The number of likely N-dealkylation sites (tertiary alicyclic amines) is 1. The fourth-order valence-corrected chi connectivity index (χ4v) is 2.90. The Morgan fingerprint density at radius 2 is 1.88 bits per heavy atom. The number of nitrogens with zero attached hydrogens (tertiary/aromatic N) is 1. The Balaban J connectivity index is 0.00000128. The lowest BCUT2D eigenvalue weighted by molar-refractivity contribution is 0.102. The standard InChI is InChI=1S/C12H24N2O.ClH/c15-10-12-2-1-7-14(9-12)8-11-3-5-13-6-4-11;/h11-13,15H,1-10H2;1H. The van der Waals surface area contributed by atoms with E-state index in [0.717, 1.165) is 12.5 Å². The number of aliphatic hydroxyl groups is 1. The van der Waals surface area contributed by atoms with Crippen LogP contribution in [0.15, 0.2) is 0 Å². The molecular formula is C12H25ClN2O. The first kappa shape index (κ1) is 14.2. The van der Waals surface area contributed by atoms with Crippen LogP contribution in [0, 0.1) is 11.8 Å². The van der Waals surface area contributed by atoms with Crippen LogP contribution in [0.2, 0.25) is 0 Å². The number of hydrogen-bond acceptors (Lipinski definition) is 3. The van der Waals surface area contributed by atoms with Crippen molar-refractivity contribution in [1.82, 2.24) is 10.2 Å². The molecule has 1 atom stereocenters. The third-order valence-corrected chi connectivity index (χ3v) is 3.84. The van der Waals surface area contributed by atoms with Gasteiger partial charge < -0.3 is 15.3 Å². The van der Waals surface area contributed by atoms with Crippen molar-refractivity contribution < 1.29 is 5.11 Å². The molecule has 2 fully saturated rings. The van der Waals surface area contributed by atoms with E-state index in [4.69, 9.17) is 0 Å². The predicted octanol–water partition coefficient (Wildman–Crippen LogP) is 1.11. The Bertz CT molecular complexity index is 186. The molecule has 2 rings (SSSR count). The van der Waals surface area contributed by atoms with Gasteiger partial charge in [-0.1, -0.05) is 0 Å². The van der Waals surface area contributed by atoms with Gasteiger partial charge in [0, 0.05) is 19.7 Å². The van der Waals surface area contributed by atoms with E-state index >= 15 is 0 Å². The number of halogens is 1. The summed E-state index contributed by atoms with van der Waals surface area (Å²) in [4.78, 5) is 2.57. The minimum atomic E-state index is 0. The SMILES string of the molecule is Cl.OCC1CCCN(CC2CCNCC2)C1. The van der Waals surface area contributed by atoms with Gasteiger partial charge in [-0.3, -0.25) is 0 Å². The molecule has 0 aromatic carbocycles. The van der Waals surface area contributed by atoms with Crippen molar-refractivity contribution in [3.8, 4) is 0 Å². The molecule has 2 saturated heterocycles. The van der Waals surface area contributed by atoms with E-state index in [1.807, 2.05) is 0 Å². The lowest BCUT2D eigenvalue weighted by Crippen LogP contribution is -2.42. The van der Waals surface area contributed by atoms with E-state index in [1.54, 1.807) is 0 Å². The summed E-state index contributed by atoms with van der Waals surface area (Å²) in [6.07, 6.45) is 5.16. The molecule has 2 aliphatic rings. The predicted molar refractivity (Wildman–Crippen MR) is 69.1 cm³/mol. The monoisotopic (exact) mass is 248 g/mol. The van der Waals surface area contributed by atoms with Crippen LogP contribution in [-0.4, -0.2) is 49.3 Å². The Morgan fingerprint density at radius 3 is 2.56 bits per heavy atom. The Kier molecular flexibility index (Phi) is 6.66. The molecule has 96 valence electrons. The van der Waals surface area contributed by atoms with Crippen molar-refractivity contribution in [3.63, 3.8) is 0 Å². The first-order valence-electron chi connectivity index (χ1n) is 6.42. The zero-order valence-corrected chi connectivity index (χ0v) is 10.8. The normalized spacial score (nSPS) is 28.7. The summed E-state index contributed by atoms with van der Waals surface area (Å²) in [5.41, 5.74) is 0. The molecule has 0 spiro atoms. The molecule has 0 aromatic heterocycles. The van der Waals surface area contributed by atoms with Crippen LogP contribution >= 0.6 is 12.4 Å². The summed E-state index contributed by atoms with van der Waals surface area (Å²) in [6, 6.07) is 0. The number of rotatable bonds is 3. The fourth-order valence-electron chi connectivity index (χ4n) is 2.90. The second-order valence-corrected chi connectivity index (χ2v) is 5.14. The maximum absolute atomic E-state index is 9.18. The smallest absolute Gasteiger partial charge is 0.0471 e. The van der Waals surface area contributed by atoms with Gasteiger partial charge in [-0.15, -0.1) is 12.4 Å². The molecule has 2 aliphatic heterocycles. The van der Waals surface area contributed by atoms with Gasteiger partial charge in [0.25, 0.3) is 0 Å². The Hall–Kier alpha value is 0.170. The van der Waals surface area contributed by atoms with Crippen molar-refractivity contribution in [2.24, 2.45) is 11.8 Å². The Labute approximate surface area is 105 Å². The fraction of sp³-hybridized carbons (Fsp3) is 1.00. The van der Waals surface area contributed by atoms with E-state index in [0.29, 0.717) is 12.5 Å². The average Bonchev–Trinajstić information content (AvgIpc) is 2.31. The molecule has 2 heterocycles. The second kappa shape index (κ2) is 7.49. The summed E-state index contributed by atoms with van der Waals surface area (Å²) in [5.74, 6) is 1.43. The summed E-state index contributed by atoms with van der Waals surface area (Å²) in [6.45, 7) is 6.41. The summed E-state index contributed by atoms with van der Waals surface area (Å²) >= 11 is 0. The lowest BCUT2D eigenvalue weighted by atomic mass is 9.94. The van der Waals surface area contributed by atoms with E-state index in [-0.39, 0.29) is 12.4 Å². The zero-order valence-electron chi connectivity index (χ0n) is 10.0. The number of piperidine rings is 2. The molecule has 3 nitrogen and oxygen atoms in total. The van der Waals surface area contributed by atoms with Gasteiger partial charge in [0.05, 0.1) is 0 Å². The molecule has 1 unspecified atom stereocenters. The highest BCUT2D eigenvalue weighted by Crippen LogP contribution is 2.20. The molecule has 0 amide bonds. The number of hydrogen-bond donors (Lipinski definition) is 2. The largest absolute Gasteiger partial charge is 0.396 e. The van der Waals surface area contributed by atoms with Crippen LogP contribution in [0.4, 0.5) is 0 Å². The highest BCUT2D eigenvalue weighted by molar-refractivity contribution is 5.85. The van der Waals surface area contributed by atoms with Gasteiger partial charge in [-0.2, -0.15) is 0 Å². The first-order valence-corrected chi connectivity index (χ1v) is 6.42. The van der Waals surface area contributed by atoms with Crippen molar-refractivity contribution in [2.75, 3.05) is 39.3 Å². The summed E-state index contributed by atoms with van der Waals surface area (Å²) in [7, 11) is 0. The molecule has 16 heavy (non-hydrogen) atoms. The van der Waals surface area contributed by atoms with Crippen LogP contribution in [0.25, 0.3) is 0 Å². The maximum Gasteiger partial charge on any atom is 0.0471 e. The minimum absolute atomic E-state index is 0. The molecule has 0 aliphatic carbocycles. The highest BCUT2D eigenvalue weighted by atomic mass is 35.5. The third kappa shape index (κ3) is 4.21. The zero-order chi connectivity index (χ0) is 10.5. The van der Waals surface area contributed by atoms with Gasteiger partial charge >= 0.3 is 0 Å². The molecule has 0 saturated carbocycles. The second-order valence-electron chi connectivity index (χ2n) is 5.14. The van der Waals surface area contributed by atoms with Crippen molar-refractivity contribution in [1.29, 1.82) is 0 Å². The third-order valence-electron chi connectivity index (χ3n) is 3.84. The molecule has 0 bridgehead atoms. The van der Waals surface area contributed by atoms with E-state index < -0.39 is 0 Å². The van der Waals surface area contributed by atoms with Crippen molar-refractivity contribution in [3.05, 3.63) is 0 Å². The van der Waals surface area contributed by atoms with E-state index in [9.17, 15) is 5.11 Å². The van der Waals surface area contributed by atoms with Gasteiger partial charge in [0.1, 0.15) is 0 Å². The number of nitrogens with one attached hydrogen (secondary N) is 1. The minimum Gasteiger partial charge on any atom is -0.396 e. The quantitative estimate of drug-likeness (QED) is 0.786. The Morgan fingerprint density at radius 1 is 1.12 bits per heavy atom. The van der Waals surface area contributed by atoms with Crippen LogP contribution in [0.1, 0.15) is 25.7 Å². The highest BCUT2D eigenvalue weighted by Gasteiger charge is 2.22. The van der Waals surface area contributed by atoms with Crippen LogP contribution in [-0.2, 0) is 0 Å². The topological polar surface area (TPSA) is 35.5 Å².